The summed E-state index contributed by atoms with van der Waals surface area (Å²) in [5, 5.41) is 20.7. The number of nitro groups is 1. The number of anilines is 1. The molecule has 3 aromatic carbocycles. The van der Waals surface area contributed by atoms with Crippen LogP contribution in [-0.4, -0.2) is 10.6 Å². The molecular formula is C27H23N3O3. The number of nitro benzene ring substituents is 1. The first-order chi connectivity index (χ1) is 15.8. The van der Waals surface area contributed by atoms with Gasteiger partial charge < -0.3 is 9.64 Å². The number of nitrogens with zero attached hydrogens (tertiary/aromatic N) is 3. The van der Waals surface area contributed by atoms with Crippen LogP contribution in [0.25, 0.3) is 6.08 Å². The molecule has 6 heteroatoms. The van der Waals surface area contributed by atoms with E-state index in [-0.39, 0.29) is 10.6 Å². The van der Waals surface area contributed by atoms with Crippen molar-refractivity contribution in [2.24, 2.45) is 0 Å². The Morgan fingerprint density at radius 3 is 2.67 bits per heavy atom. The zero-order valence-electron chi connectivity index (χ0n) is 18.7. The minimum atomic E-state index is -0.840. The number of benzene rings is 3. The topological polar surface area (TPSA) is 79.4 Å². The zero-order chi connectivity index (χ0) is 23.4. The van der Waals surface area contributed by atoms with Gasteiger partial charge in [0.15, 0.2) is 0 Å². The first kappa shape index (κ1) is 20.8. The molecule has 0 fully saturated rings. The minimum absolute atomic E-state index is 0.0505. The van der Waals surface area contributed by atoms with Gasteiger partial charge in [-0.15, -0.1) is 0 Å². The maximum absolute atomic E-state index is 11.4. The summed E-state index contributed by atoms with van der Waals surface area (Å²) in [4.78, 5) is 13.2. The number of aryl methyl sites for hydroxylation is 1. The number of fused-ring (bicyclic) bond motifs is 2. The molecule has 6 nitrogen and oxygen atoms in total. The summed E-state index contributed by atoms with van der Waals surface area (Å²) >= 11 is 0. The van der Waals surface area contributed by atoms with E-state index in [9.17, 15) is 15.4 Å². The third kappa shape index (κ3) is 3.00. The summed E-state index contributed by atoms with van der Waals surface area (Å²) in [6, 6.07) is 21.2. The normalized spacial score (nSPS) is 19.5. The largest absolute Gasteiger partial charge is 0.462 e. The lowest BCUT2D eigenvalue weighted by atomic mass is 9.76. The molecule has 33 heavy (non-hydrogen) atoms. The lowest BCUT2D eigenvalue weighted by molar-refractivity contribution is -0.384. The second kappa shape index (κ2) is 7.21. The average molecular weight is 437 g/mol. The highest BCUT2D eigenvalue weighted by Gasteiger charge is 2.58. The van der Waals surface area contributed by atoms with Crippen molar-refractivity contribution in [3.63, 3.8) is 0 Å². The number of para-hydroxylation sites is 1. The second-order valence-electron chi connectivity index (χ2n) is 9.11. The maximum atomic E-state index is 11.4. The first-order valence-corrected chi connectivity index (χ1v) is 10.8. The Kier molecular flexibility index (Phi) is 4.54. The van der Waals surface area contributed by atoms with Crippen molar-refractivity contribution >= 4 is 17.5 Å². The Morgan fingerprint density at radius 1 is 1.12 bits per heavy atom. The van der Waals surface area contributed by atoms with Crippen LogP contribution in [0.1, 0.15) is 41.7 Å². The molecule has 3 aromatic rings. The highest BCUT2D eigenvalue weighted by atomic mass is 16.6. The molecule has 5 rings (SSSR count). The number of rotatable bonds is 3. The van der Waals surface area contributed by atoms with Crippen LogP contribution in [0.4, 0.5) is 11.4 Å². The van der Waals surface area contributed by atoms with Crippen LogP contribution in [0, 0.1) is 28.4 Å². The molecule has 0 aliphatic carbocycles. The van der Waals surface area contributed by atoms with Crippen molar-refractivity contribution in [1.29, 1.82) is 5.26 Å². The van der Waals surface area contributed by atoms with Crippen LogP contribution in [0.5, 0.6) is 5.75 Å². The number of non-ortho nitro benzene ring substituents is 1. The third-order valence-corrected chi connectivity index (χ3v) is 6.81. The molecule has 1 unspecified atom stereocenters. The molecule has 2 aliphatic rings. The lowest BCUT2D eigenvalue weighted by Crippen LogP contribution is -2.59. The van der Waals surface area contributed by atoms with Crippen LogP contribution in [0.15, 0.2) is 66.7 Å². The van der Waals surface area contributed by atoms with Crippen LogP contribution < -0.4 is 9.64 Å². The van der Waals surface area contributed by atoms with Gasteiger partial charge in [-0.2, -0.15) is 5.26 Å². The monoisotopic (exact) mass is 437 g/mol. The van der Waals surface area contributed by atoms with E-state index in [1.165, 1.54) is 0 Å². The molecule has 2 heterocycles. The van der Waals surface area contributed by atoms with E-state index in [1.807, 2.05) is 49.4 Å². The van der Waals surface area contributed by atoms with E-state index in [1.54, 1.807) is 18.2 Å². The molecule has 0 aromatic heterocycles. The Morgan fingerprint density at radius 2 is 1.91 bits per heavy atom. The summed E-state index contributed by atoms with van der Waals surface area (Å²) in [5.74, 6) is 0.653. The first-order valence-electron chi connectivity index (χ1n) is 10.8. The summed E-state index contributed by atoms with van der Waals surface area (Å²) in [6.45, 7) is 6.71. The fraction of sp³-hybridized carbons (Fsp3) is 0.222. The standard InChI is InChI=1S/C27H23N3O3/c1-18-13-22(30(31)32)15-21-11-12-27(33-25(18)21)26(2,3)23-9-4-5-10-24(23)29(27)17-20-8-6-7-19(14-20)16-28/h4-15H,17H2,1-3H3. The number of hydrogen-bond donors (Lipinski definition) is 0. The van der Waals surface area contributed by atoms with Crippen LogP contribution in [-0.2, 0) is 12.0 Å². The smallest absolute Gasteiger partial charge is 0.270 e. The fourth-order valence-corrected chi connectivity index (χ4v) is 5.09. The number of ether oxygens (including phenoxy) is 1. The molecule has 0 N–H and O–H groups in total. The lowest BCUT2D eigenvalue weighted by Gasteiger charge is -2.47. The molecule has 0 saturated heterocycles. The van der Waals surface area contributed by atoms with Gasteiger partial charge in [0.2, 0.25) is 5.72 Å². The molecule has 2 aliphatic heterocycles. The molecule has 0 bridgehead atoms. The highest BCUT2D eigenvalue weighted by Crippen LogP contribution is 2.56. The quantitative estimate of drug-likeness (QED) is 0.378. The predicted octanol–water partition coefficient (Wildman–Crippen LogP) is 5.87. The third-order valence-electron chi connectivity index (χ3n) is 6.81. The van der Waals surface area contributed by atoms with Gasteiger partial charge in [0.1, 0.15) is 5.75 Å². The predicted molar refractivity (Wildman–Crippen MR) is 127 cm³/mol. The Balaban J connectivity index is 1.67. The summed E-state index contributed by atoms with van der Waals surface area (Å²) in [7, 11) is 0. The summed E-state index contributed by atoms with van der Waals surface area (Å²) in [6.07, 6.45) is 3.96. The maximum Gasteiger partial charge on any atom is 0.270 e. The van der Waals surface area contributed by atoms with Gasteiger partial charge in [0.05, 0.1) is 22.0 Å². The number of hydrogen-bond acceptors (Lipinski definition) is 5. The highest BCUT2D eigenvalue weighted by molar-refractivity contribution is 5.74. The van der Waals surface area contributed by atoms with Crippen molar-refractivity contribution in [2.45, 2.75) is 38.5 Å². The summed E-state index contributed by atoms with van der Waals surface area (Å²) < 4.78 is 6.84. The average Bonchev–Trinajstić information content (AvgIpc) is 2.98. The Bertz CT molecular complexity index is 1370. The molecule has 0 radical (unpaired) electrons. The number of nitriles is 1. The molecule has 164 valence electrons. The second-order valence-corrected chi connectivity index (χ2v) is 9.11. The van der Waals surface area contributed by atoms with Crippen molar-refractivity contribution in [2.75, 3.05) is 4.90 Å². The van der Waals surface area contributed by atoms with E-state index in [0.717, 1.165) is 22.4 Å². The zero-order valence-corrected chi connectivity index (χ0v) is 18.7. The molecule has 1 spiro atoms. The van der Waals surface area contributed by atoms with E-state index >= 15 is 0 Å². The van der Waals surface area contributed by atoms with Crippen molar-refractivity contribution in [3.05, 3.63) is 105 Å². The molecular weight excluding hydrogens is 414 g/mol. The summed E-state index contributed by atoms with van der Waals surface area (Å²) in [5.41, 5.74) is 4.06. The van der Waals surface area contributed by atoms with Crippen molar-refractivity contribution < 1.29 is 9.66 Å². The molecule has 1 atom stereocenters. The van der Waals surface area contributed by atoms with Gasteiger partial charge in [-0.3, -0.25) is 10.1 Å². The van der Waals surface area contributed by atoms with E-state index < -0.39 is 11.1 Å². The Labute approximate surface area is 192 Å². The van der Waals surface area contributed by atoms with E-state index in [4.69, 9.17) is 4.74 Å². The van der Waals surface area contributed by atoms with Gasteiger partial charge in [-0.1, -0.05) is 30.3 Å². The van der Waals surface area contributed by atoms with E-state index in [2.05, 4.69) is 36.9 Å². The Hall–Kier alpha value is -4.11. The van der Waals surface area contributed by atoms with Crippen LogP contribution in [0.2, 0.25) is 0 Å². The SMILES string of the molecule is Cc1cc([N+](=O)[O-])cc2c1OC1(C=C2)N(Cc2cccc(C#N)c2)c2ccccc2C1(C)C. The van der Waals surface area contributed by atoms with Gasteiger partial charge in [0, 0.05) is 29.9 Å². The van der Waals surface area contributed by atoms with Gasteiger partial charge in [-0.25, -0.2) is 0 Å². The molecule has 0 saturated carbocycles. The fourth-order valence-electron chi connectivity index (χ4n) is 5.09. The van der Waals surface area contributed by atoms with Crippen molar-refractivity contribution in [1.82, 2.24) is 0 Å². The van der Waals surface area contributed by atoms with Gasteiger partial charge >= 0.3 is 0 Å². The van der Waals surface area contributed by atoms with Gasteiger partial charge in [-0.05, 0) is 67.8 Å². The van der Waals surface area contributed by atoms with Crippen molar-refractivity contribution in [3.8, 4) is 11.8 Å². The van der Waals surface area contributed by atoms with Gasteiger partial charge in [0.25, 0.3) is 5.69 Å². The van der Waals surface area contributed by atoms with Crippen LogP contribution >= 0.6 is 0 Å². The minimum Gasteiger partial charge on any atom is -0.462 e. The van der Waals surface area contributed by atoms with E-state index in [0.29, 0.717) is 23.4 Å². The van der Waals surface area contributed by atoms with Crippen LogP contribution in [0.3, 0.4) is 0 Å². The molecule has 0 amide bonds.